The fourth-order valence-corrected chi connectivity index (χ4v) is 2.48. The second-order valence-electron chi connectivity index (χ2n) is 8.01. The SMILES string of the molecule is CC(C)C(C)(OC(C)(C(C)C)C(C)C)C(C)C.CCOC(C)=O. The average Bonchev–Trinajstić information content (AvgIpc) is 2.37. The summed E-state index contributed by atoms with van der Waals surface area (Å²) < 4.78 is 11.1. The molecule has 0 fully saturated rings. The zero-order valence-corrected chi connectivity index (χ0v) is 17.7. The predicted molar refractivity (Wildman–Crippen MR) is 99.6 cm³/mol. The van der Waals surface area contributed by atoms with E-state index in [2.05, 4.69) is 74.0 Å². The molecule has 3 nitrogen and oxygen atoms in total. The first kappa shape index (κ1) is 24.7. The van der Waals surface area contributed by atoms with E-state index >= 15 is 0 Å². The Morgan fingerprint density at radius 2 is 1.04 bits per heavy atom. The lowest BCUT2D eigenvalue weighted by molar-refractivity contribution is -0.216. The minimum Gasteiger partial charge on any atom is -0.466 e. The van der Waals surface area contributed by atoms with Crippen LogP contribution in [-0.2, 0) is 14.3 Å². The van der Waals surface area contributed by atoms with E-state index in [1.807, 2.05) is 0 Å². The van der Waals surface area contributed by atoms with Crippen LogP contribution in [0, 0.1) is 23.7 Å². The molecule has 0 atom stereocenters. The van der Waals surface area contributed by atoms with Crippen LogP contribution in [0.2, 0.25) is 0 Å². The minimum atomic E-state index is -0.211. The smallest absolute Gasteiger partial charge is 0.302 e. The Morgan fingerprint density at radius 3 is 1.13 bits per heavy atom. The Morgan fingerprint density at radius 1 is 0.783 bits per heavy atom. The lowest BCUT2D eigenvalue weighted by Gasteiger charge is -2.49. The summed E-state index contributed by atoms with van der Waals surface area (Å²) in [6.45, 7) is 26.3. The highest BCUT2D eigenvalue weighted by atomic mass is 16.5. The summed E-state index contributed by atoms with van der Waals surface area (Å²) in [6, 6.07) is 0. The molecule has 0 amide bonds. The van der Waals surface area contributed by atoms with Crippen LogP contribution >= 0.6 is 0 Å². The minimum absolute atomic E-state index is 0.0523. The molecule has 3 heteroatoms. The van der Waals surface area contributed by atoms with Crippen molar-refractivity contribution in [3.05, 3.63) is 0 Å². The summed E-state index contributed by atoms with van der Waals surface area (Å²) >= 11 is 0. The average molecular weight is 331 g/mol. The summed E-state index contributed by atoms with van der Waals surface area (Å²) in [5.41, 5.74) is -0.105. The van der Waals surface area contributed by atoms with Crippen molar-refractivity contribution in [3.8, 4) is 0 Å². The molecule has 0 aromatic carbocycles. The fraction of sp³-hybridized carbons (Fsp3) is 0.950. The largest absolute Gasteiger partial charge is 0.466 e. The van der Waals surface area contributed by atoms with Crippen LogP contribution in [-0.4, -0.2) is 23.8 Å². The number of hydrogen-bond acceptors (Lipinski definition) is 3. The quantitative estimate of drug-likeness (QED) is 0.560. The first-order valence-electron chi connectivity index (χ1n) is 9.09. The number of carbonyl (C=O) groups excluding carboxylic acids is 1. The predicted octanol–water partition coefficient (Wildman–Crippen LogP) is 5.71. The monoisotopic (exact) mass is 330 g/mol. The first-order chi connectivity index (χ1) is 10.3. The molecule has 0 aliphatic heterocycles. The van der Waals surface area contributed by atoms with Gasteiger partial charge in [0.25, 0.3) is 0 Å². The van der Waals surface area contributed by atoms with Crippen LogP contribution in [0.1, 0.15) is 83.1 Å². The third-order valence-electron chi connectivity index (χ3n) is 5.37. The number of carbonyl (C=O) groups is 1. The molecule has 0 radical (unpaired) electrons. The zero-order chi connectivity index (χ0) is 19.0. The molecule has 0 aromatic heterocycles. The molecule has 0 heterocycles. The highest BCUT2D eigenvalue weighted by molar-refractivity contribution is 5.65. The topological polar surface area (TPSA) is 35.5 Å². The molecule has 0 saturated carbocycles. The van der Waals surface area contributed by atoms with Crippen molar-refractivity contribution in [1.82, 2.24) is 0 Å². The molecule has 0 unspecified atom stereocenters. The van der Waals surface area contributed by atoms with Gasteiger partial charge in [0.2, 0.25) is 0 Å². The van der Waals surface area contributed by atoms with Crippen LogP contribution in [0.25, 0.3) is 0 Å². The van der Waals surface area contributed by atoms with Crippen molar-refractivity contribution in [2.45, 2.75) is 94.3 Å². The summed E-state index contributed by atoms with van der Waals surface area (Å²) in [5.74, 6) is 1.90. The van der Waals surface area contributed by atoms with E-state index in [9.17, 15) is 4.79 Å². The molecule has 0 spiro atoms. The maximum atomic E-state index is 9.82. The number of ether oxygens (including phenoxy) is 2. The maximum absolute atomic E-state index is 9.82. The second kappa shape index (κ2) is 10.3. The molecular weight excluding hydrogens is 288 g/mol. The van der Waals surface area contributed by atoms with Crippen molar-refractivity contribution in [2.24, 2.45) is 23.7 Å². The van der Waals surface area contributed by atoms with E-state index in [-0.39, 0.29) is 17.2 Å². The van der Waals surface area contributed by atoms with Crippen molar-refractivity contribution in [1.29, 1.82) is 0 Å². The number of rotatable bonds is 7. The van der Waals surface area contributed by atoms with Gasteiger partial charge in [-0.3, -0.25) is 4.79 Å². The molecule has 0 aliphatic rings. The standard InChI is InChI=1S/C16H34O.C4H8O2/c1-11(2)15(9,12(3)4)17-16(10,13(5)6)14(7)8;1-3-6-4(2)5/h11-14H,1-10H3;3H2,1-2H3. The molecule has 0 rings (SSSR count). The first-order valence-corrected chi connectivity index (χ1v) is 9.09. The van der Waals surface area contributed by atoms with Crippen LogP contribution in [0.3, 0.4) is 0 Å². The number of hydrogen-bond donors (Lipinski definition) is 0. The molecular formula is C20H42O3. The van der Waals surface area contributed by atoms with Gasteiger partial charge in [-0.25, -0.2) is 0 Å². The van der Waals surface area contributed by atoms with Gasteiger partial charge >= 0.3 is 5.97 Å². The van der Waals surface area contributed by atoms with Crippen molar-refractivity contribution < 1.29 is 14.3 Å². The van der Waals surface area contributed by atoms with Crippen molar-refractivity contribution in [3.63, 3.8) is 0 Å². The molecule has 0 bridgehead atoms. The molecule has 0 aliphatic carbocycles. The van der Waals surface area contributed by atoms with E-state index in [1.54, 1.807) is 6.92 Å². The van der Waals surface area contributed by atoms with Gasteiger partial charge in [-0.1, -0.05) is 55.4 Å². The zero-order valence-electron chi connectivity index (χ0n) is 17.7. The molecule has 23 heavy (non-hydrogen) atoms. The highest BCUT2D eigenvalue weighted by Gasteiger charge is 2.43. The van der Waals surface area contributed by atoms with Gasteiger partial charge in [0.1, 0.15) is 0 Å². The lowest BCUT2D eigenvalue weighted by atomic mass is 9.77. The van der Waals surface area contributed by atoms with E-state index in [4.69, 9.17) is 4.74 Å². The van der Waals surface area contributed by atoms with Crippen LogP contribution in [0.5, 0.6) is 0 Å². The van der Waals surface area contributed by atoms with Gasteiger partial charge < -0.3 is 9.47 Å². The Bertz CT molecular complexity index is 290. The molecule has 0 saturated heterocycles. The summed E-state index contributed by atoms with van der Waals surface area (Å²) in [4.78, 5) is 9.82. The third kappa shape index (κ3) is 7.69. The Kier molecular flexibility index (Phi) is 11.1. The summed E-state index contributed by atoms with van der Waals surface area (Å²) in [5, 5.41) is 0. The molecule has 0 aromatic rings. The van der Waals surface area contributed by atoms with Crippen LogP contribution < -0.4 is 0 Å². The Balaban J connectivity index is 0. The Labute approximate surface area is 145 Å². The Hall–Kier alpha value is -0.570. The van der Waals surface area contributed by atoms with Crippen LogP contribution in [0.15, 0.2) is 0 Å². The highest BCUT2D eigenvalue weighted by Crippen LogP contribution is 2.40. The van der Waals surface area contributed by atoms with Gasteiger partial charge in [-0.2, -0.15) is 0 Å². The summed E-state index contributed by atoms with van der Waals surface area (Å²) in [6.07, 6.45) is 0. The van der Waals surface area contributed by atoms with E-state index in [0.29, 0.717) is 30.3 Å². The van der Waals surface area contributed by atoms with E-state index in [1.165, 1.54) is 6.92 Å². The van der Waals surface area contributed by atoms with Gasteiger partial charge in [0.05, 0.1) is 17.8 Å². The maximum Gasteiger partial charge on any atom is 0.302 e. The van der Waals surface area contributed by atoms with Gasteiger partial charge in [-0.15, -0.1) is 0 Å². The van der Waals surface area contributed by atoms with Crippen molar-refractivity contribution >= 4 is 5.97 Å². The van der Waals surface area contributed by atoms with Gasteiger partial charge in [0, 0.05) is 6.92 Å². The lowest BCUT2D eigenvalue weighted by Crippen LogP contribution is -2.52. The second-order valence-corrected chi connectivity index (χ2v) is 8.01. The fourth-order valence-electron chi connectivity index (χ4n) is 2.48. The number of esters is 1. The summed E-state index contributed by atoms with van der Waals surface area (Å²) in [7, 11) is 0. The molecule has 0 N–H and O–H groups in total. The van der Waals surface area contributed by atoms with Gasteiger partial charge in [0.15, 0.2) is 0 Å². The van der Waals surface area contributed by atoms with Crippen LogP contribution in [0.4, 0.5) is 0 Å². The molecule has 140 valence electrons. The third-order valence-corrected chi connectivity index (χ3v) is 5.37. The van der Waals surface area contributed by atoms with Crippen molar-refractivity contribution in [2.75, 3.05) is 6.61 Å². The van der Waals surface area contributed by atoms with E-state index < -0.39 is 0 Å². The van der Waals surface area contributed by atoms with Gasteiger partial charge in [-0.05, 0) is 44.4 Å². The normalized spacial score (nSPS) is 12.7. The van der Waals surface area contributed by atoms with E-state index in [0.717, 1.165) is 0 Å².